The second kappa shape index (κ2) is 5.96. The number of carbonyl (C=O) groups excluding carboxylic acids is 1. The average molecular weight is 296 g/mol. The number of hydrogen-bond donors (Lipinski definition) is 1. The summed E-state index contributed by atoms with van der Waals surface area (Å²) < 4.78 is 6.60. The van der Waals surface area contributed by atoms with Gasteiger partial charge in [0.2, 0.25) is 0 Å². The molecule has 1 N–H and O–H groups in total. The molecule has 0 fully saturated rings. The first-order chi connectivity index (χ1) is 9.54. The Morgan fingerprint density at radius 3 is 2.80 bits per heavy atom. The van der Waals surface area contributed by atoms with Crippen LogP contribution in [-0.2, 0) is 16.1 Å². The third kappa shape index (κ3) is 2.77. The van der Waals surface area contributed by atoms with E-state index in [2.05, 4.69) is 0 Å². The highest BCUT2D eigenvalue weighted by atomic mass is 35.5. The molecule has 1 heterocycles. The van der Waals surface area contributed by atoms with Crippen molar-refractivity contribution >= 4 is 34.4 Å². The van der Waals surface area contributed by atoms with Crippen LogP contribution in [0.15, 0.2) is 24.3 Å². The fourth-order valence-corrected chi connectivity index (χ4v) is 2.38. The van der Waals surface area contributed by atoms with Crippen molar-refractivity contribution in [1.82, 2.24) is 4.57 Å². The van der Waals surface area contributed by atoms with Crippen LogP contribution >= 0.6 is 11.6 Å². The molecular formula is C14H14ClNO4. The molecule has 2 aromatic rings. The summed E-state index contributed by atoms with van der Waals surface area (Å²) in [6.45, 7) is 2.14. The van der Waals surface area contributed by atoms with Crippen molar-refractivity contribution in [2.75, 3.05) is 6.61 Å². The molecule has 0 spiro atoms. The first-order valence-corrected chi connectivity index (χ1v) is 6.59. The summed E-state index contributed by atoms with van der Waals surface area (Å²) >= 11 is 6.15. The molecule has 0 aliphatic heterocycles. The van der Waals surface area contributed by atoms with Crippen molar-refractivity contribution in [3.63, 3.8) is 0 Å². The highest BCUT2D eigenvalue weighted by molar-refractivity contribution is 6.35. The number of aromatic nitrogens is 1. The Kier molecular flexibility index (Phi) is 4.29. The molecule has 20 heavy (non-hydrogen) atoms. The molecule has 0 saturated carbocycles. The zero-order valence-corrected chi connectivity index (χ0v) is 11.7. The largest absolute Gasteiger partial charge is 0.481 e. The van der Waals surface area contributed by atoms with Crippen LogP contribution in [0.4, 0.5) is 0 Å². The molecule has 2 rings (SSSR count). The fourth-order valence-electron chi connectivity index (χ4n) is 2.09. The highest BCUT2D eigenvalue weighted by Crippen LogP contribution is 2.27. The van der Waals surface area contributed by atoms with Gasteiger partial charge >= 0.3 is 11.9 Å². The van der Waals surface area contributed by atoms with Gasteiger partial charge in [0.1, 0.15) is 5.69 Å². The molecular weight excluding hydrogens is 282 g/mol. The molecule has 0 radical (unpaired) electrons. The maximum Gasteiger partial charge on any atom is 0.354 e. The molecule has 0 bridgehead atoms. The van der Waals surface area contributed by atoms with Gasteiger partial charge in [-0.25, -0.2) is 4.79 Å². The van der Waals surface area contributed by atoms with E-state index in [0.29, 0.717) is 16.2 Å². The third-order valence-electron chi connectivity index (χ3n) is 2.90. The number of aliphatic carboxylic acids is 1. The lowest BCUT2D eigenvalue weighted by Crippen LogP contribution is -2.14. The summed E-state index contributed by atoms with van der Waals surface area (Å²) in [5.74, 6) is -1.42. The number of esters is 1. The van der Waals surface area contributed by atoms with Gasteiger partial charge in [-0.05, 0) is 19.1 Å². The Hall–Kier alpha value is -2.01. The lowest BCUT2D eigenvalue weighted by molar-refractivity contribution is -0.137. The van der Waals surface area contributed by atoms with Crippen LogP contribution in [0, 0.1) is 0 Å². The molecule has 0 unspecified atom stereocenters. The van der Waals surface area contributed by atoms with Crippen LogP contribution in [0.5, 0.6) is 0 Å². The smallest absolute Gasteiger partial charge is 0.354 e. The average Bonchev–Trinajstić information content (AvgIpc) is 2.76. The summed E-state index contributed by atoms with van der Waals surface area (Å²) in [6.07, 6.45) is -0.0958. The maximum atomic E-state index is 12.0. The normalized spacial score (nSPS) is 10.7. The number of ether oxygens (including phenoxy) is 1. The van der Waals surface area contributed by atoms with E-state index < -0.39 is 11.9 Å². The molecule has 1 aromatic heterocycles. The van der Waals surface area contributed by atoms with Crippen LogP contribution in [-0.4, -0.2) is 28.2 Å². The molecule has 1 aromatic carbocycles. The fraction of sp³-hybridized carbons (Fsp3) is 0.286. The van der Waals surface area contributed by atoms with E-state index in [1.807, 2.05) is 6.07 Å². The van der Waals surface area contributed by atoms with E-state index in [4.69, 9.17) is 21.4 Å². The molecule has 0 amide bonds. The summed E-state index contributed by atoms with van der Waals surface area (Å²) in [4.78, 5) is 22.7. The van der Waals surface area contributed by atoms with Crippen molar-refractivity contribution in [3.8, 4) is 0 Å². The summed E-state index contributed by atoms with van der Waals surface area (Å²) in [6, 6.07) is 6.97. The van der Waals surface area contributed by atoms with E-state index in [1.165, 1.54) is 0 Å². The first-order valence-electron chi connectivity index (χ1n) is 6.21. The van der Waals surface area contributed by atoms with Gasteiger partial charge in [-0.3, -0.25) is 4.79 Å². The van der Waals surface area contributed by atoms with Crippen LogP contribution in [0.2, 0.25) is 5.02 Å². The monoisotopic (exact) mass is 295 g/mol. The van der Waals surface area contributed by atoms with Gasteiger partial charge < -0.3 is 14.4 Å². The SMILES string of the molecule is CCOC(=O)c1cc2cccc(Cl)c2n1CCC(=O)O. The number of para-hydroxylation sites is 1. The summed E-state index contributed by atoms with van der Waals surface area (Å²) in [5.41, 5.74) is 0.967. The molecule has 0 aliphatic rings. The standard InChI is InChI=1S/C14H14ClNO4/c1-2-20-14(19)11-8-9-4-3-5-10(15)13(9)16(11)7-6-12(17)18/h3-5,8H,2,6-7H2,1H3,(H,17,18). The number of carbonyl (C=O) groups is 2. The lowest BCUT2D eigenvalue weighted by Gasteiger charge is -2.09. The molecule has 0 aliphatic carbocycles. The summed E-state index contributed by atoms with van der Waals surface area (Å²) in [7, 11) is 0. The second-order valence-corrected chi connectivity index (χ2v) is 4.63. The number of nitrogens with zero attached hydrogens (tertiary/aromatic N) is 1. The molecule has 6 heteroatoms. The molecule has 5 nitrogen and oxygen atoms in total. The Morgan fingerprint density at radius 1 is 1.40 bits per heavy atom. The van der Waals surface area contributed by atoms with Crippen molar-refractivity contribution in [2.45, 2.75) is 19.9 Å². The van der Waals surface area contributed by atoms with E-state index in [9.17, 15) is 9.59 Å². The minimum Gasteiger partial charge on any atom is -0.481 e. The van der Waals surface area contributed by atoms with Gasteiger partial charge in [-0.15, -0.1) is 0 Å². The number of carboxylic acid groups (broad SMARTS) is 1. The maximum absolute atomic E-state index is 12.0. The molecule has 0 atom stereocenters. The Morgan fingerprint density at radius 2 is 2.15 bits per heavy atom. The third-order valence-corrected chi connectivity index (χ3v) is 3.21. The lowest BCUT2D eigenvalue weighted by atomic mass is 10.2. The van der Waals surface area contributed by atoms with Gasteiger partial charge in [0.15, 0.2) is 0 Å². The van der Waals surface area contributed by atoms with E-state index in [1.54, 1.807) is 29.7 Å². The molecule has 106 valence electrons. The number of halogens is 1. The predicted octanol–water partition coefficient (Wildman–Crippen LogP) is 2.95. The topological polar surface area (TPSA) is 68.5 Å². The van der Waals surface area contributed by atoms with Crippen molar-refractivity contribution in [2.24, 2.45) is 0 Å². The van der Waals surface area contributed by atoms with E-state index in [0.717, 1.165) is 5.39 Å². The predicted molar refractivity (Wildman–Crippen MR) is 75.2 cm³/mol. The van der Waals surface area contributed by atoms with Crippen LogP contribution in [0.3, 0.4) is 0 Å². The van der Waals surface area contributed by atoms with Gasteiger partial charge in [-0.2, -0.15) is 0 Å². The molecule has 0 saturated heterocycles. The van der Waals surface area contributed by atoms with E-state index >= 15 is 0 Å². The number of benzene rings is 1. The zero-order valence-electron chi connectivity index (χ0n) is 10.9. The van der Waals surface area contributed by atoms with Crippen LogP contribution in [0.1, 0.15) is 23.8 Å². The Labute approximate surface area is 120 Å². The van der Waals surface area contributed by atoms with Gasteiger partial charge in [0, 0.05) is 11.9 Å². The van der Waals surface area contributed by atoms with Crippen molar-refractivity contribution in [1.29, 1.82) is 0 Å². The zero-order chi connectivity index (χ0) is 14.7. The van der Waals surface area contributed by atoms with E-state index in [-0.39, 0.29) is 19.6 Å². The van der Waals surface area contributed by atoms with Crippen LogP contribution in [0.25, 0.3) is 10.9 Å². The summed E-state index contributed by atoms with van der Waals surface area (Å²) in [5, 5.41) is 10.1. The second-order valence-electron chi connectivity index (χ2n) is 4.22. The minimum absolute atomic E-state index is 0.0958. The first kappa shape index (κ1) is 14.4. The van der Waals surface area contributed by atoms with Gasteiger partial charge in [-0.1, -0.05) is 23.7 Å². The Balaban J connectivity index is 2.54. The Bertz CT molecular complexity index is 662. The number of hydrogen-bond acceptors (Lipinski definition) is 3. The van der Waals surface area contributed by atoms with Gasteiger partial charge in [0.25, 0.3) is 0 Å². The number of carboxylic acids is 1. The quantitative estimate of drug-likeness (QED) is 0.861. The van der Waals surface area contributed by atoms with Crippen molar-refractivity contribution < 1.29 is 19.4 Å². The number of rotatable bonds is 5. The minimum atomic E-state index is -0.936. The van der Waals surface area contributed by atoms with Crippen LogP contribution < -0.4 is 0 Å². The van der Waals surface area contributed by atoms with Crippen molar-refractivity contribution in [3.05, 3.63) is 35.0 Å². The number of fused-ring (bicyclic) bond motifs is 1. The highest BCUT2D eigenvalue weighted by Gasteiger charge is 2.18. The number of aryl methyl sites for hydroxylation is 1. The van der Waals surface area contributed by atoms with Gasteiger partial charge in [0.05, 0.1) is 23.6 Å².